The molecule has 0 unspecified atom stereocenters. The Hall–Kier alpha value is -2.89. The van der Waals surface area contributed by atoms with Gasteiger partial charge in [0.15, 0.2) is 5.58 Å². The third-order valence-electron chi connectivity index (χ3n) is 4.47. The molecule has 0 aliphatic rings. The van der Waals surface area contributed by atoms with E-state index in [4.69, 9.17) is 14.4 Å². The van der Waals surface area contributed by atoms with Crippen LogP contribution in [-0.4, -0.2) is 28.6 Å². The third-order valence-corrected chi connectivity index (χ3v) is 4.47. The van der Waals surface area contributed by atoms with E-state index in [1.807, 2.05) is 30.3 Å². The van der Waals surface area contributed by atoms with Crippen LogP contribution in [0.2, 0.25) is 0 Å². The number of benzene rings is 2. The molecule has 2 aromatic carbocycles. The molecular formula is C21H23NO5. The molecule has 0 bridgehead atoms. The zero-order chi connectivity index (χ0) is 19.2. The van der Waals surface area contributed by atoms with Crippen LogP contribution in [0.25, 0.3) is 21.7 Å². The second-order valence-electron chi connectivity index (χ2n) is 6.74. The number of carbonyl (C=O) groups is 2. The first-order valence-corrected chi connectivity index (χ1v) is 9.19. The van der Waals surface area contributed by atoms with Crippen LogP contribution >= 0.6 is 0 Å². The molecule has 0 amide bonds. The molecule has 0 aliphatic carbocycles. The van der Waals surface area contributed by atoms with Crippen molar-refractivity contribution in [1.82, 2.24) is 5.16 Å². The molecule has 6 heteroatoms. The summed E-state index contributed by atoms with van der Waals surface area (Å²) in [6.45, 7) is 2.14. The highest BCUT2D eigenvalue weighted by atomic mass is 16.5. The van der Waals surface area contributed by atoms with Crippen LogP contribution in [0.3, 0.4) is 0 Å². The topological polar surface area (TPSA) is 89.6 Å². The van der Waals surface area contributed by atoms with Crippen LogP contribution in [0.15, 0.2) is 34.9 Å². The number of nitrogens with zero attached hydrogens (tertiary/aromatic N) is 1. The largest absolute Gasteiger partial charge is 0.494 e. The smallest absolute Gasteiger partial charge is 0.303 e. The molecule has 0 fully saturated rings. The van der Waals surface area contributed by atoms with Gasteiger partial charge in [-0.3, -0.25) is 9.59 Å². The molecule has 27 heavy (non-hydrogen) atoms. The maximum Gasteiger partial charge on any atom is 0.303 e. The molecule has 3 rings (SSSR count). The zero-order valence-electron chi connectivity index (χ0n) is 15.4. The number of carbonyl (C=O) groups excluding carboxylic acids is 1. The number of aromatic nitrogens is 1. The molecule has 1 N–H and O–H groups in total. The number of carboxylic acid groups (broad SMARTS) is 1. The standard InChI is InChI=1S/C21H23NO5/c1-14(23)12-18-21-17-9-8-16(13-15(17)7-10-19(21)27-22-18)26-11-5-3-2-4-6-20(24)25/h7-10,13H,2-6,11-12H2,1H3,(H,24,25). The molecule has 3 aromatic rings. The Bertz CT molecular complexity index is 960. The van der Waals surface area contributed by atoms with Crippen molar-refractivity contribution >= 4 is 33.5 Å². The summed E-state index contributed by atoms with van der Waals surface area (Å²) in [6.07, 6.45) is 3.95. The summed E-state index contributed by atoms with van der Waals surface area (Å²) < 4.78 is 11.2. The zero-order valence-corrected chi connectivity index (χ0v) is 15.4. The predicted molar refractivity (Wildman–Crippen MR) is 102 cm³/mol. The second-order valence-corrected chi connectivity index (χ2v) is 6.74. The van der Waals surface area contributed by atoms with E-state index in [-0.39, 0.29) is 18.6 Å². The van der Waals surface area contributed by atoms with E-state index in [0.29, 0.717) is 24.3 Å². The average molecular weight is 369 g/mol. The summed E-state index contributed by atoms with van der Waals surface area (Å²) >= 11 is 0. The van der Waals surface area contributed by atoms with Crippen molar-refractivity contribution in [2.75, 3.05) is 6.61 Å². The van der Waals surface area contributed by atoms with Crippen molar-refractivity contribution in [2.45, 2.75) is 45.4 Å². The van der Waals surface area contributed by atoms with E-state index in [2.05, 4.69) is 5.16 Å². The van der Waals surface area contributed by atoms with Crippen LogP contribution in [-0.2, 0) is 16.0 Å². The van der Waals surface area contributed by atoms with Crippen LogP contribution in [0.1, 0.15) is 44.7 Å². The molecule has 1 aromatic heterocycles. The van der Waals surface area contributed by atoms with Crippen LogP contribution in [0.4, 0.5) is 0 Å². The molecule has 0 aliphatic heterocycles. The number of carboxylic acids is 1. The summed E-state index contributed by atoms with van der Waals surface area (Å²) in [6, 6.07) is 9.68. The minimum absolute atomic E-state index is 0.0468. The van der Waals surface area contributed by atoms with Gasteiger partial charge < -0.3 is 14.4 Å². The number of ether oxygens (including phenoxy) is 1. The van der Waals surface area contributed by atoms with Crippen molar-refractivity contribution in [2.24, 2.45) is 0 Å². The Morgan fingerprint density at radius 3 is 2.70 bits per heavy atom. The van der Waals surface area contributed by atoms with Crippen LogP contribution in [0, 0.1) is 0 Å². The van der Waals surface area contributed by atoms with Gasteiger partial charge in [0.05, 0.1) is 24.1 Å². The Labute approximate surface area is 157 Å². The summed E-state index contributed by atoms with van der Waals surface area (Å²) in [7, 11) is 0. The first kappa shape index (κ1) is 18.9. The molecule has 0 radical (unpaired) electrons. The van der Waals surface area contributed by atoms with Gasteiger partial charge in [-0.15, -0.1) is 0 Å². The van der Waals surface area contributed by atoms with Gasteiger partial charge in [0, 0.05) is 6.42 Å². The van der Waals surface area contributed by atoms with E-state index in [9.17, 15) is 9.59 Å². The molecule has 0 atom stereocenters. The van der Waals surface area contributed by atoms with E-state index < -0.39 is 5.97 Å². The Morgan fingerprint density at radius 1 is 1.11 bits per heavy atom. The van der Waals surface area contributed by atoms with E-state index in [0.717, 1.165) is 41.2 Å². The van der Waals surface area contributed by atoms with E-state index >= 15 is 0 Å². The Balaban J connectivity index is 1.64. The Morgan fingerprint density at radius 2 is 1.93 bits per heavy atom. The highest BCUT2D eigenvalue weighted by Crippen LogP contribution is 2.31. The summed E-state index contributed by atoms with van der Waals surface area (Å²) in [5, 5.41) is 15.5. The number of rotatable bonds is 10. The summed E-state index contributed by atoms with van der Waals surface area (Å²) in [4.78, 5) is 21.9. The van der Waals surface area contributed by atoms with Crippen molar-refractivity contribution in [3.8, 4) is 5.75 Å². The fraction of sp³-hybridized carbons (Fsp3) is 0.381. The minimum Gasteiger partial charge on any atom is -0.494 e. The van der Waals surface area contributed by atoms with Gasteiger partial charge in [0.25, 0.3) is 0 Å². The van der Waals surface area contributed by atoms with Crippen molar-refractivity contribution in [1.29, 1.82) is 0 Å². The van der Waals surface area contributed by atoms with Crippen LogP contribution < -0.4 is 4.74 Å². The lowest BCUT2D eigenvalue weighted by atomic mass is 10.0. The van der Waals surface area contributed by atoms with Crippen molar-refractivity contribution in [3.63, 3.8) is 0 Å². The number of hydrogen-bond acceptors (Lipinski definition) is 5. The number of fused-ring (bicyclic) bond motifs is 3. The molecule has 142 valence electrons. The second kappa shape index (κ2) is 8.66. The minimum atomic E-state index is -0.740. The molecule has 0 spiro atoms. The monoisotopic (exact) mass is 369 g/mol. The van der Waals surface area contributed by atoms with E-state index in [1.54, 1.807) is 6.92 Å². The number of Topliss-reactive ketones (excluding diaryl/α,β-unsaturated/α-hetero) is 1. The SMILES string of the molecule is CC(=O)Cc1noc2ccc3cc(OCCCCCCC(=O)O)ccc3c12. The highest BCUT2D eigenvalue weighted by molar-refractivity contribution is 6.08. The predicted octanol–water partition coefficient (Wildman–Crippen LogP) is 4.53. The summed E-state index contributed by atoms with van der Waals surface area (Å²) in [5.74, 6) is 0.0956. The lowest BCUT2D eigenvalue weighted by Crippen LogP contribution is -1.98. The molecule has 1 heterocycles. The van der Waals surface area contributed by atoms with Gasteiger partial charge in [-0.2, -0.15) is 0 Å². The molecule has 0 saturated carbocycles. The maximum atomic E-state index is 11.5. The van der Waals surface area contributed by atoms with Gasteiger partial charge in [0.1, 0.15) is 11.5 Å². The lowest BCUT2D eigenvalue weighted by molar-refractivity contribution is -0.137. The van der Waals surface area contributed by atoms with Crippen LogP contribution in [0.5, 0.6) is 5.75 Å². The number of unbranched alkanes of at least 4 members (excludes halogenated alkanes) is 3. The first-order chi connectivity index (χ1) is 13.0. The molecule has 6 nitrogen and oxygen atoms in total. The molecular weight excluding hydrogens is 346 g/mol. The van der Waals surface area contributed by atoms with E-state index in [1.165, 1.54) is 0 Å². The van der Waals surface area contributed by atoms with Gasteiger partial charge in [-0.05, 0) is 54.8 Å². The highest BCUT2D eigenvalue weighted by Gasteiger charge is 2.13. The number of ketones is 1. The van der Waals surface area contributed by atoms with Crippen molar-refractivity contribution < 1.29 is 24.0 Å². The van der Waals surface area contributed by atoms with Gasteiger partial charge in [-0.1, -0.05) is 24.1 Å². The fourth-order valence-electron chi connectivity index (χ4n) is 3.18. The van der Waals surface area contributed by atoms with Gasteiger partial charge >= 0.3 is 5.97 Å². The third kappa shape index (κ3) is 4.84. The van der Waals surface area contributed by atoms with Gasteiger partial charge in [-0.25, -0.2) is 0 Å². The Kier molecular flexibility index (Phi) is 6.06. The summed E-state index contributed by atoms with van der Waals surface area (Å²) in [5.41, 5.74) is 1.34. The maximum absolute atomic E-state index is 11.5. The molecule has 0 saturated heterocycles. The van der Waals surface area contributed by atoms with Crippen molar-refractivity contribution in [3.05, 3.63) is 36.0 Å². The first-order valence-electron chi connectivity index (χ1n) is 9.19. The number of aliphatic carboxylic acids is 1. The number of hydrogen-bond donors (Lipinski definition) is 1. The fourth-order valence-corrected chi connectivity index (χ4v) is 3.18. The normalized spacial score (nSPS) is 11.1. The lowest BCUT2D eigenvalue weighted by Gasteiger charge is -2.08. The quantitative estimate of drug-likeness (QED) is 0.528. The average Bonchev–Trinajstić information content (AvgIpc) is 3.03. The van der Waals surface area contributed by atoms with Gasteiger partial charge in [0.2, 0.25) is 0 Å².